The number of Topliss-reactive ketones (excluding diaryl/α,β-unsaturated/α-hetero) is 1. The first-order valence-corrected chi connectivity index (χ1v) is 6.84. The molecule has 0 saturated carbocycles. The summed E-state index contributed by atoms with van der Waals surface area (Å²) >= 11 is 0. The smallest absolute Gasteiger partial charge is 0.380 e. The van der Waals surface area contributed by atoms with E-state index in [9.17, 15) is 22.4 Å². The van der Waals surface area contributed by atoms with Gasteiger partial charge in [-0.05, 0) is 24.6 Å². The van der Waals surface area contributed by atoms with Crippen molar-refractivity contribution in [1.82, 2.24) is 0 Å². The van der Waals surface area contributed by atoms with Gasteiger partial charge in [-0.25, -0.2) is 17.6 Å². The lowest BCUT2D eigenvalue weighted by molar-refractivity contribution is -0.151. The third-order valence-corrected chi connectivity index (χ3v) is 4.38. The number of halogens is 1. The summed E-state index contributed by atoms with van der Waals surface area (Å²) in [5.74, 6) is -3.52. The van der Waals surface area contributed by atoms with Gasteiger partial charge in [-0.15, -0.1) is 0 Å². The van der Waals surface area contributed by atoms with Crippen molar-refractivity contribution >= 4 is 27.7 Å². The van der Waals surface area contributed by atoms with E-state index in [1.807, 2.05) is 0 Å². The maximum Gasteiger partial charge on any atom is 0.380 e. The largest absolute Gasteiger partial charge is 0.460 e. The van der Waals surface area contributed by atoms with Gasteiger partial charge in [-0.2, -0.15) is 0 Å². The maximum atomic E-state index is 13.5. The van der Waals surface area contributed by atoms with Crippen LogP contribution >= 0.6 is 0 Å². The fourth-order valence-corrected chi connectivity index (χ4v) is 3.33. The first-order chi connectivity index (χ1) is 8.89. The summed E-state index contributed by atoms with van der Waals surface area (Å²) in [6, 6.07) is 3.64. The van der Waals surface area contributed by atoms with Gasteiger partial charge in [0.2, 0.25) is 9.84 Å². The fraction of sp³-hybridized carbons (Fsp3) is 0.167. The summed E-state index contributed by atoms with van der Waals surface area (Å²) in [5.41, 5.74) is 0.0487. The van der Waals surface area contributed by atoms with E-state index in [-0.39, 0.29) is 12.2 Å². The molecule has 0 spiro atoms. The number of ketones is 1. The van der Waals surface area contributed by atoms with Crippen LogP contribution < -0.4 is 0 Å². The Morgan fingerprint density at radius 2 is 2.00 bits per heavy atom. The van der Waals surface area contributed by atoms with E-state index in [1.165, 1.54) is 19.1 Å². The lowest BCUT2D eigenvalue weighted by atomic mass is 10.2. The Kier molecular flexibility index (Phi) is 3.23. The number of carbonyl (C=O) groups is 2. The van der Waals surface area contributed by atoms with Crippen molar-refractivity contribution in [2.75, 3.05) is 6.61 Å². The molecular weight excluding hydrogens is 275 g/mol. The van der Waals surface area contributed by atoms with Gasteiger partial charge in [0.25, 0.3) is 5.78 Å². The molecule has 1 aromatic rings. The highest BCUT2D eigenvalue weighted by Crippen LogP contribution is 2.35. The van der Waals surface area contributed by atoms with Gasteiger partial charge in [0.1, 0.15) is 15.6 Å². The minimum atomic E-state index is -4.30. The number of hydrogen-bond acceptors (Lipinski definition) is 5. The highest BCUT2D eigenvalue weighted by molar-refractivity contribution is 7.97. The van der Waals surface area contributed by atoms with Crippen molar-refractivity contribution in [2.24, 2.45) is 0 Å². The Hall–Kier alpha value is -2.02. The van der Waals surface area contributed by atoms with E-state index < -0.39 is 37.2 Å². The van der Waals surface area contributed by atoms with Crippen molar-refractivity contribution in [1.29, 1.82) is 0 Å². The molecule has 1 aromatic carbocycles. The van der Waals surface area contributed by atoms with Crippen molar-refractivity contribution in [3.05, 3.63) is 34.5 Å². The number of carbonyl (C=O) groups excluding carboxylic acids is 2. The number of benzene rings is 1. The van der Waals surface area contributed by atoms with Crippen LogP contribution in [0.5, 0.6) is 0 Å². The van der Waals surface area contributed by atoms with E-state index in [0.717, 1.165) is 12.1 Å². The average Bonchev–Trinajstić information content (AvgIpc) is 2.61. The second-order valence-corrected chi connectivity index (χ2v) is 5.57. The SMILES string of the molecule is CCOC(=O)C(=O)C1=Cc2cccc(F)c2S1(=O)=O. The average molecular weight is 284 g/mol. The van der Waals surface area contributed by atoms with Gasteiger partial charge in [-0.3, -0.25) is 4.79 Å². The summed E-state index contributed by atoms with van der Waals surface area (Å²) < 4.78 is 42.0. The number of rotatable bonds is 3. The van der Waals surface area contributed by atoms with Gasteiger partial charge < -0.3 is 4.74 Å². The first-order valence-electron chi connectivity index (χ1n) is 5.36. The molecule has 0 fully saturated rings. The van der Waals surface area contributed by atoms with Crippen LogP contribution in [0.2, 0.25) is 0 Å². The van der Waals surface area contributed by atoms with Gasteiger partial charge in [0.15, 0.2) is 0 Å². The van der Waals surface area contributed by atoms with Gasteiger partial charge in [0, 0.05) is 0 Å². The van der Waals surface area contributed by atoms with Crippen LogP contribution in [0, 0.1) is 5.82 Å². The van der Waals surface area contributed by atoms with Gasteiger partial charge >= 0.3 is 5.97 Å². The Balaban J connectivity index is 2.51. The third kappa shape index (κ3) is 2.06. The monoisotopic (exact) mass is 284 g/mol. The predicted octanol–water partition coefficient (Wildman–Crippen LogP) is 1.09. The van der Waals surface area contributed by atoms with E-state index in [0.29, 0.717) is 0 Å². The molecule has 0 saturated heterocycles. The summed E-state index contributed by atoms with van der Waals surface area (Å²) in [6.07, 6.45) is 0.979. The van der Waals surface area contributed by atoms with Crippen LogP contribution in [0.4, 0.5) is 4.39 Å². The second kappa shape index (κ2) is 4.58. The van der Waals surface area contributed by atoms with Crippen LogP contribution in [0.1, 0.15) is 12.5 Å². The summed E-state index contributed by atoms with van der Waals surface area (Å²) in [4.78, 5) is 21.6. The van der Waals surface area contributed by atoms with Crippen molar-refractivity contribution in [3.63, 3.8) is 0 Å². The molecule has 0 atom stereocenters. The molecule has 0 bridgehead atoms. The van der Waals surface area contributed by atoms with E-state index in [2.05, 4.69) is 4.74 Å². The lowest BCUT2D eigenvalue weighted by Gasteiger charge is -2.03. The lowest BCUT2D eigenvalue weighted by Crippen LogP contribution is -2.22. The zero-order valence-electron chi connectivity index (χ0n) is 9.84. The summed E-state index contributed by atoms with van der Waals surface area (Å²) in [6.45, 7) is 1.43. The molecule has 100 valence electrons. The molecule has 0 aliphatic carbocycles. The van der Waals surface area contributed by atoms with Gasteiger partial charge in [0.05, 0.1) is 6.61 Å². The highest BCUT2D eigenvalue weighted by atomic mass is 32.2. The van der Waals surface area contributed by atoms with Crippen molar-refractivity contribution in [2.45, 2.75) is 11.8 Å². The minimum Gasteiger partial charge on any atom is -0.460 e. The predicted molar refractivity (Wildman–Crippen MR) is 63.2 cm³/mol. The normalized spacial score (nSPS) is 15.6. The molecule has 7 heteroatoms. The first kappa shape index (κ1) is 13.4. The molecule has 5 nitrogen and oxygen atoms in total. The van der Waals surface area contributed by atoms with Crippen LogP contribution in [-0.4, -0.2) is 26.8 Å². The third-order valence-electron chi connectivity index (χ3n) is 2.53. The molecule has 0 unspecified atom stereocenters. The molecule has 0 N–H and O–H groups in total. The number of fused-ring (bicyclic) bond motifs is 1. The quantitative estimate of drug-likeness (QED) is 0.613. The maximum absolute atomic E-state index is 13.5. The van der Waals surface area contributed by atoms with Crippen LogP contribution in [0.3, 0.4) is 0 Å². The number of ether oxygens (including phenoxy) is 1. The fourth-order valence-electron chi connectivity index (χ4n) is 1.74. The number of sulfone groups is 1. The van der Waals surface area contributed by atoms with E-state index >= 15 is 0 Å². The Bertz CT molecular complexity index is 703. The zero-order valence-corrected chi connectivity index (χ0v) is 10.7. The van der Waals surface area contributed by atoms with E-state index in [4.69, 9.17) is 0 Å². The van der Waals surface area contributed by atoms with Crippen LogP contribution in [0.25, 0.3) is 6.08 Å². The Labute approximate surface area is 108 Å². The number of hydrogen-bond donors (Lipinski definition) is 0. The van der Waals surface area contributed by atoms with Crippen molar-refractivity contribution < 1.29 is 27.1 Å². The molecule has 2 rings (SSSR count). The molecular formula is C12H9FO5S. The minimum absolute atomic E-state index is 0.0487. The number of esters is 1. The molecule has 1 heterocycles. The highest BCUT2D eigenvalue weighted by Gasteiger charge is 2.39. The summed E-state index contributed by atoms with van der Waals surface area (Å²) in [5, 5.41) is 0. The molecule has 1 aliphatic heterocycles. The molecule has 0 aromatic heterocycles. The Morgan fingerprint density at radius 1 is 1.32 bits per heavy atom. The van der Waals surface area contributed by atoms with Gasteiger partial charge in [-0.1, -0.05) is 12.1 Å². The molecule has 0 amide bonds. The molecule has 0 radical (unpaired) electrons. The van der Waals surface area contributed by atoms with Crippen LogP contribution in [-0.2, 0) is 24.2 Å². The topological polar surface area (TPSA) is 77.5 Å². The Morgan fingerprint density at radius 3 is 2.58 bits per heavy atom. The van der Waals surface area contributed by atoms with Crippen LogP contribution in [0.15, 0.2) is 28.0 Å². The second-order valence-electron chi connectivity index (χ2n) is 3.72. The zero-order chi connectivity index (χ0) is 14.2. The summed E-state index contributed by atoms with van der Waals surface area (Å²) in [7, 11) is -4.30. The molecule has 1 aliphatic rings. The van der Waals surface area contributed by atoms with E-state index in [1.54, 1.807) is 0 Å². The standard InChI is InChI=1S/C12H9FO5S/c1-2-18-12(15)10(14)9-6-7-4-3-5-8(13)11(7)19(9,16)17/h3-6H,2H2,1H3. The van der Waals surface area contributed by atoms with Crippen molar-refractivity contribution in [3.8, 4) is 0 Å². The molecule has 19 heavy (non-hydrogen) atoms.